The van der Waals surface area contributed by atoms with Crippen molar-refractivity contribution in [2.24, 2.45) is 7.05 Å². The summed E-state index contributed by atoms with van der Waals surface area (Å²) in [6, 6.07) is 13.1. The van der Waals surface area contributed by atoms with Crippen LogP contribution < -0.4 is 5.32 Å². The lowest BCUT2D eigenvalue weighted by Gasteiger charge is -2.26. The first kappa shape index (κ1) is 11.7. The molecule has 4 rings (SSSR count). The zero-order chi connectivity index (χ0) is 13.5. The first-order valence-electron chi connectivity index (χ1n) is 7.06. The van der Waals surface area contributed by atoms with Crippen LogP contribution in [0.15, 0.2) is 48.8 Å². The lowest BCUT2D eigenvalue weighted by Crippen LogP contribution is -2.31. The van der Waals surface area contributed by atoms with Gasteiger partial charge in [0.15, 0.2) is 0 Å². The number of pyridine rings is 1. The monoisotopic (exact) mass is 263 g/mol. The number of para-hydroxylation sites is 1. The molecule has 3 nitrogen and oxygen atoms in total. The molecule has 100 valence electrons. The fourth-order valence-electron chi connectivity index (χ4n) is 3.38. The summed E-state index contributed by atoms with van der Waals surface area (Å²) in [4.78, 5) is 4.27. The van der Waals surface area contributed by atoms with E-state index in [1.165, 1.54) is 27.7 Å². The van der Waals surface area contributed by atoms with E-state index in [0.717, 1.165) is 13.0 Å². The first-order valence-corrected chi connectivity index (χ1v) is 7.06. The molecule has 0 aliphatic carbocycles. The molecule has 3 heteroatoms. The fraction of sp³-hybridized carbons (Fsp3) is 0.235. The van der Waals surface area contributed by atoms with Crippen molar-refractivity contribution in [1.82, 2.24) is 14.9 Å². The molecule has 1 aliphatic heterocycles. The molecule has 1 N–H and O–H groups in total. The third-order valence-corrected chi connectivity index (χ3v) is 4.28. The van der Waals surface area contributed by atoms with E-state index >= 15 is 0 Å². The number of hydrogen-bond acceptors (Lipinski definition) is 2. The van der Waals surface area contributed by atoms with Gasteiger partial charge in [-0.15, -0.1) is 0 Å². The molecule has 0 amide bonds. The third kappa shape index (κ3) is 1.60. The number of hydrogen-bond donors (Lipinski definition) is 1. The second-order valence-electron chi connectivity index (χ2n) is 5.36. The van der Waals surface area contributed by atoms with Gasteiger partial charge in [0.1, 0.15) is 0 Å². The molecule has 0 fully saturated rings. The minimum atomic E-state index is 0.241. The first-order chi connectivity index (χ1) is 9.86. The van der Waals surface area contributed by atoms with E-state index in [-0.39, 0.29) is 6.04 Å². The molecule has 0 spiro atoms. The molecule has 20 heavy (non-hydrogen) atoms. The third-order valence-electron chi connectivity index (χ3n) is 4.28. The molecule has 1 aromatic carbocycles. The van der Waals surface area contributed by atoms with Crippen molar-refractivity contribution in [3.8, 4) is 0 Å². The van der Waals surface area contributed by atoms with Crippen LogP contribution in [0.4, 0.5) is 0 Å². The predicted octanol–water partition coefficient (Wildman–Crippen LogP) is 2.81. The highest BCUT2D eigenvalue weighted by atomic mass is 15.0. The second-order valence-corrected chi connectivity index (χ2v) is 5.36. The van der Waals surface area contributed by atoms with Crippen LogP contribution in [-0.4, -0.2) is 16.1 Å². The zero-order valence-corrected chi connectivity index (χ0v) is 11.5. The van der Waals surface area contributed by atoms with Crippen molar-refractivity contribution < 1.29 is 0 Å². The molecule has 0 bridgehead atoms. The fourth-order valence-corrected chi connectivity index (χ4v) is 3.38. The number of aromatic nitrogens is 2. The Hall–Kier alpha value is -2.13. The molecule has 3 heterocycles. The van der Waals surface area contributed by atoms with Gasteiger partial charge >= 0.3 is 0 Å². The zero-order valence-electron chi connectivity index (χ0n) is 11.5. The predicted molar refractivity (Wildman–Crippen MR) is 80.7 cm³/mol. The summed E-state index contributed by atoms with van der Waals surface area (Å²) in [5.41, 5.74) is 5.41. The molecule has 2 aromatic heterocycles. The summed E-state index contributed by atoms with van der Waals surface area (Å²) in [6.45, 7) is 1.01. The normalized spacial score (nSPS) is 18.1. The Morgan fingerprint density at radius 3 is 2.95 bits per heavy atom. The largest absolute Gasteiger partial charge is 0.346 e. The second kappa shape index (κ2) is 4.46. The van der Waals surface area contributed by atoms with Crippen LogP contribution in [0.5, 0.6) is 0 Å². The maximum absolute atomic E-state index is 4.27. The molecular weight excluding hydrogens is 246 g/mol. The molecule has 1 unspecified atom stereocenters. The van der Waals surface area contributed by atoms with Crippen molar-refractivity contribution in [2.75, 3.05) is 6.54 Å². The van der Waals surface area contributed by atoms with Crippen molar-refractivity contribution in [3.63, 3.8) is 0 Å². The van der Waals surface area contributed by atoms with E-state index in [1.54, 1.807) is 0 Å². The van der Waals surface area contributed by atoms with Crippen LogP contribution in [0.2, 0.25) is 0 Å². The summed E-state index contributed by atoms with van der Waals surface area (Å²) >= 11 is 0. The van der Waals surface area contributed by atoms with E-state index in [2.05, 4.69) is 52.2 Å². The number of aryl methyl sites for hydroxylation is 1. The summed E-state index contributed by atoms with van der Waals surface area (Å²) in [6.07, 6.45) is 4.88. The topological polar surface area (TPSA) is 29.9 Å². The van der Waals surface area contributed by atoms with Gasteiger partial charge < -0.3 is 9.88 Å². The van der Waals surface area contributed by atoms with Crippen molar-refractivity contribution in [2.45, 2.75) is 12.5 Å². The van der Waals surface area contributed by atoms with E-state index in [4.69, 9.17) is 0 Å². The molecule has 3 aromatic rings. The minimum absolute atomic E-state index is 0.241. The van der Waals surface area contributed by atoms with Gasteiger partial charge in [-0.1, -0.05) is 24.3 Å². The van der Waals surface area contributed by atoms with Crippen LogP contribution in [0.3, 0.4) is 0 Å². The van der Waals surface area contributed by atoms with Gasteiger partial charge in [-0.05, 0) is 29.7 Å². The molecule has 0 radical (unpaired) electrons. The maximum Gasteiger partial charge on any atom is 0.0749 e. The molecule has 0 saturated heterocycles. The SMILES string of the molecule is Cn1c2c(c3ccccc31)CCNC2c1cccnc1. The van der Waals surface area contributed by atoms with Crippen LogP contribution in [0.25, 0.3) is 10.9 Å². The number of nitrogens with one attached hydrogen (secondary N) is 1. The Kier molecular flexibility index (Phi) is 2.60. The lowest BCUT2D eigenvalue weighted by molar-refractivity contribution is 0.540. The molecule has 1 aliphatic rings. The number of rotatable bonds is 1. The van der Waals surface area contributed by atoms with Gasteiger partial charge in [-0.25, -0.2) is 0 Å². The Morgan fingerprint density at radius 2 is 2.10 bits per heavy atom. The molecule has 1 atom stereocenters. The van der Waals surface area contributed by atoms with Gasteiger partial charge in [-0.3, -0.25) is 4.98 Å². The van der Waals surface area contributed by atoms with Crippen molar-refractivity contribution >= 4 is 10.9 Å². The van der Waals surface area contributed by atoms with Crippen LogP contribution in [0.1, 0.15) is 22.9 Å². The summed E-state index contributed by atoms with van der Waals surface area (Å²) in [5, 5.41) is 5.02. The Labute approximate surface area is 118 Å². The van der Waals surface area contributed by atoms with E-state index in [0.29, 0.717) is 0 Å². The smallest absolute Gasteiger partial charge is 0.0749 e. The number of fused-ring (bicyclic) bond motifs is 3. The van der Waals surface area contributed by atoms with Gasteiger partial charge in [0.2, 0.25) is 0 Å². The highest BCUT2D eigenvalue weighted by Crippen LogP contribution is 2.35. The molecule has 0 saturated carbocycles. The maximum atomic E-state index is 4.27. The number of nitrogens with zero attached hydrogens (tertiary/aromatic N) is 2. The summed E-state index contributed by atoms with van der Waals surface area (Å²) in [5.74, 6) is 0. The minimum Gasteiger partial charge on any atom is -0.346 e. The quantitative estimate of drug-likeness (QED) is 0.731. The Balaban J connectivity index is 1.97. The van der Waals surface area contributed by atoms with Crippen molar-refractivity contribution in [1.29, 1.82) is 0 Å². The van der Waals surface area contributed by atoms with Gasteiger partial charge in [0.25, 0.3) is 0 Å². The average Bonchev–Trinajstić information content (AvgIpc) is 2.82. The van der Waals surface area contributed by atoms with Crippen LogP contribution >= 0.6 is 0 Å². The Bertz CT molecular complexity index is 759. The van der Waals surface area contributed by atoms with Gasteiger partial charge in [0, 0.05) is 42.6 Å². The average molecular weight is 263 g/mol. The van der Waals surface area contributed by atoms with E-state index in [9.17, 15) is 0 Å². The van der Waals surface area contributed by atoms with Crippen LogP contribution in [0, 0.1) is 0 Å². The Morgan fingerprint density at radius 1 is 1.20 bits per heavy atom. The van der Waals surface area contributed by atoms with Crippen LogP contribution in [-0.2, 0) is 13.5 Å². The van der Waals surface area contributed by atoms with E-state index < -0.39 is 0 Å². The summed E-state index contributed by atoms with van der Waals surface area (Å²) < 4.78 is 2.33. The van der Waals surface area contributed by atoms with E-state index in [1.807, 2.05) is 18.5 Å². The number of benzene rings is 1. The highest BCUT2D eigenvalue weighted by molar-refractivity contribution is 5.86. The highest BCUT2D eigenvalue weighted by Gasteiger charge is 2.27. The lowest BCUT2D eigenvalue weighted by atomic mass is 9.95. The van der Waals surface area contributed by atoms with Gasteiger partial charge in [-0.2, -0.15) is 0 Å². The standard InChI is InChI=1S/C17H17N3/c1-20-15-7-3-2-6-13(15)14-8-10-19-16(17(14)20)12-5-4-9-18-11-12/h2-7,9,11,16,19H,8,10H2,1H3. The molecular formula is C17H17N3. The van der Waals surface area contributed by atoms with Crippen molar-refractivity contribution in [3.05, 3.63) is 65.6 Å². The summed E-state index contributed by atoms with van der Waals surface area (Å²) in [7, 11) is 2.16. The van der Waals surface area contributed by atoms with Gasteiger partial charge in [0.05, 0.1) is 6.04 Å².